The lowest BCUT2D eigenvalue weighted by molar-refractivity contribution is 0.305. The minimum absolute atomic E-state index is 0.277. The zero-order valence-electron chi connectivity index (χ0n) is 11.4. The maximum atomic E-state index is 5.23. The van der Waals surface area contributed by atoms with Crippen LogP contribution in [-0.4, -0.2) is 7.11 Å². The number of methoxy groups -OCH3 is 1. The Hall–Kier alpha value is -1.76. The van der Waals surface area contributed by atoms with E-state index in [9.17, 15) is 0 Å². The summed E-state index contributed by atoms with van der Waals surface area (Å²) in [7, 11) is 1.69. The highest BCUT2D eigenvalue weighted by atomic mass is 16.5. The SMILES string of the molecule is C=C1C=C(OC)C=CC1c1ccc(C)cc1CC. The van der Waals surface area contributed by atoms with E-state index in [1.807, 2.05) is 12.2 Å². The van der Waals surface area contributed by atoms with Gasteiger partial charge in [0.15, 0.2) is 0 Å². The Morgan fingerprint density at radius 3 is 2.72 bits per heavy atom. The Morgan fingerprint density at radius 1 is 1.33 bits per heavy atom. The van der Waals surface area contributed by atoms with Crippen LogP contribution in [0.2, 0.25) is 0 Å². The summed E-state index contributed by atoms with van der Waals surface area (Å²) in [4.78, 5) is 0. The Labute approximate surface area is 109 Å². The quantitative estimate of drug-likeness (QED) is 0.765. The van der Waals surface area contributed by atoms with Gasteiger partial charge in [0.05, 0.1) is 7.11 Å². The second-order valence-electron chi connectivity index (χ2n) is 4.72. The smallest absolute Gasteiger partial charge is 0.118 e. The molecule has 0 aliphatic heterocycles. The predicted octanol–water partition coefficient (Wildman–Crippen LogP) is 4.30. The number of aryl methyl sites for hydroxylation is 2. The van der Waals surface area contributed by atoms with Crippen LogP contribution in [0.25, 0.3) is 0 Å². The van der Waals surface area contributed by atoms with Crippen LogP contribution in [0.4, 0.5) is 0 Å². The second kappa shape index (κ2) is 5.26. The molecule has 0 aromatic heterocycles. The molecule has 1 atom stereocenters. The van der Waals surface area contributed by atoms with Crippen molar-refractivity contribution < 1.29 is 4.74 Å². The van der Waals surface area contributed by atoms with E-state index < -0.39 is 0 Å². The zero-order valence-corrected chi connectivity index (χ0v) is 11.4. The largest absolute Gasteiger partial charge is 0.497 e. The van der Waals surface area contributed by atoms with Crippen LogP contribution < -0.4 is 0 Å². The predicted molar refractivity (Wildman–Crippen MR) is 76.7 cm³/mol. The van der Waals surface area contributed by atoms with Crippen LogP contribution in [-0.2, 0) is 11.2 Å². The first-order valence-electron chi connectivity index (χ1n) is 6.37. The molecule has 1 aliphatic carbocycles. The normalized spacial score (nSPS) is 18.7. The topological polar surface area (TPSA) is 9.23 Å². The highest BCUT2D eigenvalue weighted by molar-refractivity contribution is 5.48. The lowest BCUT2D eigenvalue weighted by atomic mass is 9.84. The Balaban J connectivity index is 2.37. The Morgan fingerprint density at radius 2 is 2.11 bits per heavy atom. The van der Waals surface area contributed by atoms with Gasteiger partial charge in [0.25, 0.3) is 0 Å². The van der Waals surface area contributed by atoms with Crippen LogP contribution >= 0.6 is 0 Å². The van der Waals surface area contributed by atoms with E-state index in [4.69, 9.17) is 4.74 Å². The molecule has 2 rings (SSSR count). The fraction of sp³-hybridized carbons (Fsp3) is 0.294. The van der Waals surface area contributed by atoms with Gasteiger partial charge in [-0.05, 0) is 42.2 Å². The lowest BCUT2D eigenvalue weighted by Crippen LogP contribution is -2.05. The van der Waals surface area contributed by atoms with Crippen LogP contribution in [0.15, 0.2) is 54.3 Å². The van der Waals surface area contributed by atoms with Crippen molar-refractivity contribution in [3.8, 4) is 0 Å². The highest BCUT2D eigenvalue weighted by Gasteiger charge is 2.17. The van der Waals surface area contributed by atoms with Gasteiger partial charge in [-0.2, -0.15) is 0 Å². The van der Waals surface area contributed by atoms with Crippen molar-refractivity contribution in [2.75, 3.05) is 7.11 Å². The van der Waals surface area contributed by atoms with Crippen LogP contribution in [0.1, 0.15) is 29.5 Å². The first-order chi connectivity index (χ1) is 8.65. The average molecular weight is 240 g/mol. The van der Waals surface area contributed by atoms with E-state index in [0.717, 1.165) is 17.8 Å². The molecule has 18 heavy (non-hydrogen) atoms. The first kappa shape index (κ1) is 12.7. The summed E-state index contributed by atoms with van der Waals surface area (Å²) in [6.45, 7) is 8.50. The molecule has 0 spiro atoms. The maximum Gasteiger partial charge on any atom is 0.118 e. The number of benzene rings is 1. The molecule has 0 fully saturated rings. The molecule has 0 saturated carbocycles. The van der Waals surface area contributed by atoms with Gasteiger partial charge >= 0.3 is 0 Å². The van der Waals surface area contributed by atoms with E-state index in [2.05, 4.69) is 44.7 Å². The third kappa shape index (κ3) is 2.40. The second-order valence-corrected chi connectivity index (χ2v) is 4.72. The van der Waals surface area contributed by atoms with Crippen LogP contribution in [0, 0.1) is 6.92 Å². The number of rotatable bonds is 3. The van der Waals surface area contributed by atoms with E-state index in [1.54, 1.807) is 7.11 Å². The number of hydrogen-bond acceptors (Lipinski definition) is 1. The highest BCUT2D eigenvalue weighted by Crippen LogP contribution is 2.33. The maximum absolute atomic E-state index is 5.23. The molecule has 0 radical (unpaired) electrons. The molecule has 1 aromatic rings. The standard InChI is InChI=1S/C17H20O/c1-5-14-10-12(2)6-8-17(14)16-9-7-15(18-4)11-13(16)3/h6-11,16H,3,5H2,1-2,4H3. The molecule has 0 bridgehead atoms. The van der Waals surface area contributed by atoms with Crippen molar-refractivity contribution in [2.45, 2.75) is 26.2 Å². The number of allylic oxidation sites excluding steroid dienone is 4. The van der Waals surface area contributed by atoms with Crippen molar-refractivity contribution in [3.63, 3.8) is 0 Å². The van der Waals surface area contributed by atoms with Crippen molar-refractivity contribution in [2.24, 2.45) is 0 Å². The Kier molecular flexibility index (Phi) is 3.71. The van der Waals surface area contributed by atoms with E-state index in [0.29, 0.717) is 0 Å². The van der Waals surface area contributed by atoms with Gasteiger partial charge < -0.3 is 4.74 Å². The molecule has 1 unspecified atom stereocenters. The zero-order chi connectivity index (χ0) is 13.1. The van der Waals surface area contributed by atoms with E-state index in [-0.39, 0.29) is 5.92 Å². The fourth-order valence-electron chi connectivity index (χ4n) is 2.41. The van der Waals surface area contributed by atoms with Crippen molar-refractivity contribution >= 4 is 0 Å². The van der Waals surface area contributed by atoms with Gasteiger partial charge in [0, 0.05) is 5.92 Å². The molecule has 1 aliphatic rings. The third-order valence-corrected chi connectivity index (χ3v) is 3.43. The van der Waals surface area contributed by atoms with E-state index >= 15 is 0 Å². The minimum Gasteiger partial charge on any atom is -0.497 e. The molecule has 1 aromatic carbocycles. The van der Waals surface area contributed by atoms with Crippen molar-refractivity contribution in [1.29, 1.82) is 0 Å². The molecular formula is C17H20O. The summed E-state index contributed by atoms with van der Waals surface area (Å²) >= 11 is 0. The number of hydrogen-bond donors (Lipinski definition) is 0. The first-order valence-corrected chi connectivity index (χ1v) is 6.37. The molecular weight excluding hydrogens is 220 g/mol. The van der Waals surface area contributed by atoms with Gasteiger partial charge in [-0.3, -0.25) is 0 Å². The molecule has 0 heterocycles. The van der Waals surface area contributed by atoms with Crippen LogP contribution in [0.3, 0.4) is 0 Å². The minimum atomic E-state index is 0.277. The number of ether oxygens (including phenoxy) is 1. The van der Waals surface area contributed by atoms with Gasteiger partial charge in [0.2, 0.25) is 0 Å². The summed E-state index contributed by atoms with van der Waals surface area (Å²) in [6.07, 6.45) is 7.27. The van der Waals surface area contributed by atoms with Gasteiger partial charge in [-0.1, -0.05) is 43.3 Å². The third-order valence-electron chi connectivity index (χ3n) is 3.43. The molecule has 0 amide bonds. The molecule has 1 heteroatoms. The molecule has 94 valence electrons. The molecule has 1 nitrogen and oxygen atoms in total. The Bertz CT molecular complexity index is 520. The van der Waals surface area contributed by atoms with Gasteiger partial charge in [0.1, 0.15) is 5.76 Å². The van der Waals surface area contributed by atoms with Crippen molar-refractivity contribution in [3.05, 3.63) is 71.0 Å². The van der Waals surface area contributed by atoms with Gasteiger partial charge in [-0.15, -0.1) is 0 Å². The van der Waals surface area contributed by atoms with E-state index in [1.165, 1.54) is 16.7 Å². The van der Waals surface area contributed by atoms with Crippen molar-refractivity contribution in [1.82, 2.24) is 0 Å². The summed E-state index contributed by atoms with van der Waals surface area (Å²) < 4.78 is 5.23. The summed E-state index contributed by atoms with van der Waals surface area (Å²) in [5.74, 6) is 1.15. The lowest BCUT2D eigenvalue weighted by Gasteiger charge is -2.21. The summed E-state index contributed by atoms with van der Waals surface area (Å²) in [5.41, 5.74) is 5.16. The van der Waals surface area contributed by atoms with Crippen LogP contribution in [0.5, 0.6) is 0 Å². The molecule has 0 saturated heterocycles. The molecule has 0 N–H and O–H groups in total. The fourth-order valence-corrected chi connectivity index (χ4v) is 2.41. The van der Waals surface area contributed by atoms with Gasteiger partial charge in [-0.25, -0.2) is 0 Å². The summed E-state index contributed by atoms with van der Waals surface area (Å²) in [5, 5.41) is 0. The monoisotopic (exact) mass is 240 g/mol. The average Bonchev–Trinajstić information content (AvgIpc) is 2.39. The summed E-state index contributed by atoms with van der Waals surface area (Å²) in [6, 6.07) is 6.66.